The lowest BCUT2D eigenvalue weighted by atomic mass is 9.94. The molecule has 0 bridgehead atoms. The number of halogens is 2. The minimum atomic E-state index is -0.825. The van der Waals surface area contributed by atoms with E-state index in [0.29, 0.717) is 5.56 Å². The zero-order valence-electron chi connectivity index (χ0n) is 12.3. The molecule has 0 aromatic heterocycles. The maximum atomic E-state index is 13.5. The van der Waals surface area contributed by atoms with Crippen LogP contribution in [0, 0.1) is 11.6 Å². The van der Waals surface area contributed by atoms with Gasteiger partial charge >= 0.3 is 0 Å². The van der Waals surface area contributed by atoms with Crippen molar-refractivity contribution in [2.75, 3.05) is 0 Å². The molecule has 0 spiro atoms. The van der Waals surface area contributed by atoms with Crippen molar-refractivity contribution in [1.82, 2.24) is 0 Å². The molecule has 0 aliphatic carbocycles. The van der Waals surface area contributed by atoms with E-state index in [9.17, 15) is 8.78 Å². The van der Waals surface area contributed by atoms with Crippen molar-refractivity contribution in [2.45, 2.75) is 13.3 Å². The number of hydrogen-bond donors (Lipinski definition) is 0. The van der Waals surface area contributed by atoms with E-state index in [-0.39, 0.29) is 0 Å². The Hall–Kier alpha value is -2.48. The predicted octanol–water partition coefficient (Wildman–Crippen LogP) is 5.86. The first kappa shape index (κ1) is 14.5. The summed E-state index contributed by atoms with van der Waals surface area (Å²) < 4.78 is 26.7. The van der Waals surface area contributed by atoms with Gasteiger partial charge in [0.1, 0.15) is 0 Å². The van der Waals surface area contributed by atoms with E-state index in [1.54, 1.807) is 6.07 Å². The van der Waals surface area contributed by atoms with Gasteiger partial charge in [-0.15, -0.1) is 0 Å². The molecule has 0 N–H and O–H groups in total. The number of hydrogen-bond acceptors (Lipinski definition) is 0. The van der Waals surface area contributed by atoms with Crippen molar-refractivity contribution < 1.29 is 8.78 Å². The van der Waals surface area contributed by atoms with E-state index in [1.807, 2.05) is 24.3 Å². The summed E-state index contributed by atoms with van der Waals surface area (Å²) in [5, 5.41) is 0. The van der Waals surface area contributed by atoms with Gasteiger partial charge in [-0.2, -0.15) is 0 Å². The Morgan fingerprint density at radius 3 is 1.86 bits per heavy atom. The van der Waals surface area contributed by atoms with Gasteiger partial charge in [-0.3, -0.25) is 0 Å². The van der Waals surface area contributed by atoms with Crippen LogP contribution in [0.15, 0.2) is 66.7 Å². The average Bonchev–Trinajstić information content (AvgIpc) is 2.57. The van der Waals surface area contributed by atoms with Gasteiger partial charge in [-0.05, 0) is 46.4 Å². The van der Waals surface area contributed by atoms with E-state index in [0.717, 1.165) is 23.1 Å². The Morgan fingerprint density at radius 2 is 1.27 bits per heavy atom. The van der Waals surface area contributed by atoms with Gasteiger partial charge in [-0.25, -0.2) is 8.78 Å². The number of benzene rings is 3. The van der Waals surface area contributed by atoms with Crippen molar-refractivity contribution in [1.29, 1.82) is 0 Å². The summed E-state index contributed by atoms with van der Waals surface area (Å²) in [5.41, 5.74) is 4.92. The first-order chi connectivity index (χ1) is 10.7. The van der Waals surface area contributed by atoms with Crippen LogP contribution < -0.4 is 0 Å². The maximum absolute atomic E-state index is 13.5. The zero-order valence-corrected chi connectivity index (χ0v) is 12.3. The van der Waals surface area contributed by atoms with Crippen LogP contribution >= 0.6 is 0 Å². The van der Waals surface area contributed by atoms with Crippen LogP contribution in [0.3, 0.4) is 0 Å². The lowest BCUT2D eigenvalue weighted by Gasteiger charge is -2.11. The summed E-state index contributed by atoms with van der Waals surface area (Å²) in [7, 11) is 0. The summed E-state index contributed by atoms with van der Waals surface area (Å²) in [5.74, 6) is -1.65. The molecule has 0 radical (unpaired) electrons. The monoisotopic (exact) mass is 294 g/mol. The van der Waals surface area contributed by atoms with Gasteiger partial charge < -0.3 is 0 Å². The molecule has 0 fully saturated rings. The van der Waals surface area contributed by atoms with Crippen LogP contribution in [0.5, 0.6) is 0 Å². The zero-order chi connectivity index (χ0) is 15.5. The van der Waals surface area contributed by atoms with Crippen LogP contribution in [-0.4, -0.2) is 0 Å². The van der Waals surface area contributed by atoms with E-state index >= 15 is 0 Å². The molecule has 2 heteroatoms. The predicted molar refractivity (Wildman–Crippen MR) is 86.6 cm³/mol. The van der Waals surface area contributed by atoms with Crippen LogP contribution in [0.1, 0.15) is 12.5 Å². The molecule has 0 aliphatic heterocycles. The third-order valence-electron chi connectivity index (χ3n) is 3.83. The van der Waals surface area contributed by atoms with Crippen LogP contribution in [-0.2, 0) is 6.42 Å². The molecule has 0 saturated carbocycles. The molecule has 110 valence electrons. The highest BCUT2D eigenvalue weighted by molar-refractivity contribution is 5.83. The van der Waals surface area contributed by atoms with E-state index in [2.05, 4.69) is 31.2 Å². The highest BCUT2D eigenvalue weighted by atomic mass is 19.2. The fraction of sp³-hybridized carbons (Fsp3) is 0.100. The Morgan fingerprint density at radius 1 is 0.682 bits per heavy atom. The lowest BCUT2D eigenvalue weighted by Crippen LogP contribution is -1.89. The van der Waals surface area contributed by atoms with E-state index < -0.39 is 11.6 Å². The summed E-state index contributed by atoms with van der Waals surface area (Å²) in [4.78, 5) is 0. The molecule has 0 unspecified atom stereocenters. The largest absolute Gasteiger partial charge is 0.204 e. The number of aryl methyl sites for hydroxylation is 1. The molecular weight excluding hydrogens is 278 g/mol. The van der Waals surface area contributed by atoms with Crippen molar-refractivity contribution in [2.24, 2.45) is 0 Å². The molecule has 0 heterocycles. The minimum Gasteiger partial charge on any atom is -0.204 e. The van der Waals surface area contributed by atoms with Gasteiger partial charge in [0.2, 0.25) is 0 Å². The van der Waals surface area contributed by atoms with Gasteiger partial charge in [-0.1, -0.05) is 61.5 Å². The molecule has 0 saturated heterocycles. The molecule has 0 nitrogen and oxygen atoms in total. The van der Waals surface area contributed by atoms with Crippen molar-refractivity contribution in [3.8, 4) is 22.3 Å². The summed E-state index contributed by atoms with van der Waals surface area (Å²) in [6.45, 7) is 2.12. The quantitative estimate of drug-likeness (QED) is 0.567. The van der Waals surface area contributed by atoms with Crippen LogP contribution in [0.25, 0.3) is 22.3 Å². The van der Waals surface area contributed by atoms with Crippen LogP contribution in [0.4, 0.5) is 8.78 Å². The maximum Gasteiger partial charge on any atom is 0.159 e. The first-order valence-corrected chi connectivity index (χ1v) is 7.33. The third kappa shape index (κ3) is 2.77. The smallest absolute Gasteiger partial charge is 0.159 e. The van der Waals surface area contributed by atoms with Crippen molar-refractivity contribution in [3.05, 3.63) is 83.9 Å². The minimum absolute atomic E-state index is 0.675. The lowest BCUT2D eigenvalue weighted by molar-refractivity contribution is 0.509. The molecule has 0 amide bonds. The molecule has 3 aromatic carbocycles. The molecule has 0 atom stereocenters. The van der Waals surface area contributed by atoms with Gasteiger partial charge in [0.05, 0.1) is 0 Å². The van der Waals surface area contributed by atoms with Crippen molar-refractivity contribution in [3.63, 3.8) is 0 Å². The summed E-state index contributed by atoms with van der Waals surface area (Å²) in [6, 6.07) is 20.1. The highest BCUT2D eigenvalue weighted by Gasteiger charge is 2.09. The Bertz CT molecular complexity index is 789. The molecular formula is C20H16F2. The van der Waals surface area contributed by atoms with Gasteiger partial charge in [0.25, 0.3) is 0 Å². The summed E-state index contributed by atoms with van der Waals surface area (Å²) in [6.07, 6.45) is 0.991. The third-order valence-corrected chi connectivity index (χ3v) is 3.83. The Labute approximate surface area is 129 Å². The second kappa shape index (κ2) is 6.10. The summed E-state index contributed by atoms with van der Waals surface area (Å²) >= 11 is 0. The highest BCUT2D eigenvalue weighted by Crippen LogP contribution is 2.32. The second-order valence-corrected chi connectivity index (χ2v) is 5.22. The van der Waals surface area contributed by atoms with Crippen LogP contribution in [0.2, 0.25) is 0 Å². The van der Waals surface area contributed by atoms with Gasteiger partial charge in [0, 0.05) is 0 Å². The normalized spacial score (nSPS) is 10.7. The fourth-order valence-electron chi connectivity index (χ4n) is 2.57. The SMILES string of the molecule is CCc1ccc(-c2ccccc2-c2ccc(F)c(F)c2)cc1. The van der Waals surface area contributed by atoms with E-state index in [1.165, 1.54) is 17.7 Å². The first-order valence-electron chi connectivity index (χ1n) is 7.33. The van der Waals surface area contributed by atoms with Gasteiger partial charge in [0.15, 0.2) is 11.6 Å². The second-order valence-electron chi connectivity index (χ2n) is 5.22. The van der Waals surface area contributed by atoms with Crippen molar-refractivity contribution >= 4 is 0 Å². The molecule has 22 heavy (non-hydrogen) atoms. The van der Waals surface area contributed by atoms with E-state index in [4.69, 9.17) is 0 Å². The Kier molecular flexibility index (Phi) is 4.01. The average molecular weight is 294 g/mol. The molecule has 0 aliphatic rings. The topological polar surface area (TPSA) is 0 Å². The molecule has 3 rings (SSSR count). The Balaban J connectivity index is 2.11. The molecule has 3 aromatic rings. The number of rotatable bonds is 3. The fourth-order valence-corrected chi connectivity index (χ4v) is 2.57. The standard InChI is InChI=1S/C20H16F2/c1-2-14-7-9-15(10-8-14)17-5-3-4-6-18(17)16-11-12-19(21)20(22)13-16/h3-13H,2H2,1H3.